The van der Waals surface area contributed by atoms with Gasteiger partial charge in [-0.3, -0.25) is 9.69 Å². The summed E-state index contributed by atoms with van der Waals surface area (Å²) in [5, 5.41) is 8.91. The zero-order chi connectivity index (χ0) is 9.84. The lowest BCUT2D eigenvalue weighted by Crippen LogP contribution is -2.35. The normalized spacial score (nSPS) is 23.5. The van der Waals surface area contributed by atoms with Crippen molar-refractivity contribution in [2.24, 2.45) is 5.92 Å². The lowest BCUT2D eigenvalue weighted by atomic mass is 10.1. The second-order valence-electron chi connectivity index (χ2n) is 3.86. The van der Waals surface area contributed by atoms with Crippen molar-refractivity contribution in [2.75, 3.05) is 40.3 Å². The molecule has 1 aliphatic rings. The van der Waals surface area contributed by atoms with Gasteiger partial charge in [0.2, 0.25) is 5.91 Å². The SMILES string of the molecule is CN(C)C(=O)CN1CC[C@H](CO)C1. The van der Waals surface area contributed by atoms with Crippen molar-refractivity contribution in [3.63, 3.8) is 0 Å². The standard InChI is InChI=1S/C9H18N2O2/c1-10(2)9(13)6-11-4-3-8(5-11)7-12/h8,12H,3-7H2,1-2H3/t8-/m0/s1. The van der Waals surface area contributed by atoms with Crippen LogP contribution in [0.5, 0.6) is 0 Å². The van der Waals surface area contributed by atoms with Crippen LogP contribution >= 0.6 is 0 Å². The Balaban J connectivity index is 2.28. The predicted octanol–water partition coefficient (Wildman–Crippen LogP) is -0.611. The number of likely N-dealkylation sites (tertiary alicyclic amines) is 1. The van der Waals surface area contributed by atoms with E-state index in [1.54, 1.807) is 19.0 Å². The van der Waals surface area contributed by atoms with Crippen molar-refractivity contribution in [2.45, 2.75) is 6.42 Å². The summed E-state index contributed by atoms with van der Waals surface area (Å²) in [5.41, 5.74) is 0. The first kappa shape index (κ1) is 10.5. The minimum Gasteiger partial charge on any atom is -0.396 e. The molecule has 1 aliphatic heterocycles. The van der Waals surface area contributed by atoms with Crippen LogP contribution in [-0.4, -0.2) is 61.2 Å². The highest BCUT2D eigenvalue weighted by molar-refractivity contribution is 5.77. The molecule has 0 aromatic carbocycles. The lowest BCUT2D eigenvalue weighted by molar-refractivity contribution is -0.129. The molecule has 1 atom stereocenters. The van der Waals surface area contributed by atoms with E-state index in [1.807, 2.05) is 0 Å². The van der Waals surface area contributed by atoms with Gasteiger partial charge in [0.1, 0.15) is 0 Å². The molecule has 0 unspecified atom stereocenters. The first-order valence-corrected chi connectivity index (χ1v) is 4.67. The van der Waals surface area contributed by atoms with E-state index in [-0.39, 0.29) is 12.5 Å². The Morgan fingerprint density at radius 3 is 2.77 bits per heavy atom. The molecule has 0 saturated carbocycles. The van der Waals surface area contributed by atoms with E-state index in [1.165, 1.54) is 0 Å². The highest BCUT2D eigenvalue weighted by Gasteiger charge is 2.23. The van der Waals surface area contributed by atoms with E-state index in [0.717, 1.165) is 19.5 Å². The maximum atomic E-state index is 11.3. The summed E-state index contributed by atoms with van der Waals surface area (Å²) in [6, 6.07) is 0. The topological polar surface area (TPSA) is 43.8 Å². The van der Waals surface area contributed by atoms with Crippen LogP contribution in [0.1, 0.15) is 6.42 Å². The molecule has 76 valence electrons. The van der Waals surface area contributed by atoms with Crippen molar-refractivity contribution >= 4 is 5.91 Å². The summed E-state index contributed by atoms with van der Waals surface area (Å²) in [6.07, 6.45) is 1.01. The molecule has 1 heterocycles. The molecular formula is C9H18N2O2. The summed E-state index contributed by atoms with van der Waals surface area (Å²) in [6.45, 7) is 2.52. The third-order valence-corrected chi connectivity index (χ3v) is 2.49. The van der Waals surface area contributed by atoms with E-state index in [9.17, 15) is 4.79 Å². The first-order chi connectivity index (χ1) is 6.13. The Morgan fingerprint density at radius 1 is 1.62 bits per heavy atom. The second kappa shape index (κ2) is 4.58. The Morgan fingerprint density at radius 2 is 2.31 bits per heavy atom. The van der Waals surface area contributed by atoms with Crippen molar-refractivity contribution < 1.29 is 9.90 Å². The predicted molar refractivity (Wildman–Crippen MR) is 50.3 cm³/mol. The zero-order valence-electron chi connectivity index (χ0n) is 8.36. The molecule has 1 rings (SSSR count). The molecule has 0 aromatic rings. The van der Waals surface area contributed by atoms with Gasteiger partial charge in [-0.15, -0.1) is 0 Å². The van der Waals surface area contributed by atoms with E-state index in [4.69, 9.17) is 5.11 Å². The Bertz CT molecular complexity index is 182. The smallest absolute Gasteiger partial charge is 0.236 e. The molecule has 1 fully saturated rings. The number of aliphatic hydroxyl groups is 1. The maximum Gasteiger partial charge on any atom is 0.236 e. The summed E-state index contributed by atoms with van der Waals surface area (Å²) >= 11 is 0. The number of rotatable bonds is 3. The van der Waals surface area contributed by atoms with Gasteiger partial charge in [0.25, 0.3) is 0 Å². The van der Waals surface area contributed by atoms with Gasteiger partial charge >= 0.3 is 0 Å². The number of hydrogen-bond donors (Lipinski definition) is 1. The van der Waals surface area contributed by atoms with E-state index in [2.05, 4.69) is 4.90 Å². The van der Waals surface area contributed by atoms with Gasteiger partial charge in [0.05, 0.1) is 6.54 Å². The van der Waals surface area contributed by atoms with E-state index < -0.39 is 0 Å². The summed E-state index contributed by atoms with van der Waals surface area (Å²) in [7, 11) is 3.53. The molecule has 4 nitrogen and oxygen atoms in total. The van der Waals surface area contributed by atoms with Crippen molar-refractivity contribution in [1.29, 1.82) is 0 Å². The van der Waals surface area contributed by atoms with Crippen LogP contribution in [0.2, 0.25) is 0 Å². The van der Waals surface area contributed by atoms with E-state index in [0.29, 0.717) is 12.5 Å². The molecule has 0 spiro atoms. The number of carbonyl (C=O) groups excluding carboxylic acids is 1. The minimum absolute atomic E-state index is 0.138. The van der Waals surface area contributed by atoms with Gasteiger partial charge < -0.3 is 10.0 Å². The van der Waals surface area contributed by atoms with Crippen LogP contribution in [-0.2, 0) is 4.79 Å². The molecule has 4 heteroatoms. The average molecular weight is 186 g/mol. The van der Waals surface area contributed by atoms with Gasteiger partial charge in [-0.2, -0.15) is 0 Å². The lowest BCUT2D eigenvalue weighted by Gasteiger charge is -2.17. The van der Waals surface area contributed by atoms with Gasteiger partial charge in [0, 0.05) is 27.2 Å². The third-order valence-electron chi connectivity index (χ3n) is 2.49. The number of aliphatic hydroxyl groups excluding tert-OH is 1. The maximum absolute atomic E-state index is 11.3. The second-order valence-corrected chi connectivity index (χ2v) is 3.86. The molecule has 1 N–H and O–H groups in total. The molecular weight excluding hydrogens is 168 g/mol. The average Bonchev–Trinajstić information content (AvgIpc) is 2.52. The molecule has 13 heavy (non-hydrogen) atoms. The van der Waals surface area contributed by atoms with Gasteiger partial charge in [0.15, 0.2) is 0 Å². The molecule has 0 radical (unpaired) electrons. The zero-order valence-corrected chi connectivity index (χ0v) is 8.36. The number of carbonyl (C=O) groups is 1. The quantitative estimate of drug-likeness (QED) is 0.639. The number of hydrogen-bond acceptors (Lipinski definition) is 3. The van der Waals surface area contributed by atoms with Crippen LogP contribution in [0.15, 0.2) is 0 Å². The fourth-order valence-electron chi connectivity index (χ4n) is 1.54. The summed E-state index contributed by atoms with van der Waals surface area (Å²) in [5.74, 6) is 0.508. The van der Waals surface area contributed by atoms with Gasteiger partial charge in [-0.25, -0.2) is 0 Å². The van der Waals surface area contributed by atoms with Crippen molar-refractivity contribution in [3.8, 4) is 0 Å². The van der Waals surface area contributed by atoms with Crippen LogP contribution in [0.3, 0.4) is 0 Å². The molecule has 1 saturated heterocycles. The molecule has 0 aromatic heterocycles. The first-order valence-electron chi connectivity index (χ1n) is 4.67. The summed E-state index contributed by atoms with van der Waals surface area (Å²) in [4.78, 5) is 15.0. The van der Waals surface area contributed by atoms with Crippen LogP contribution < -0.4 is 0 Å². The summed E-state index contributed by atoms with van der Waals surface area (Å²) < 4.78 is 0. The highest BCUT2D eigenvalue weighted by Crippen LogP contribution is 2.14. The largest absolute Gasteiger partial charge is 0.396 e. The van der Waals surface area contributed by atoms with Gasteiger partial charge in [-0.05, 0) is 18.9 Å². The highest BCUT2D eigenvalue weighted by atomic mass is 16.3. The number of likely N-dealkylation sites (N-methyl/N-ethyl adjacent to an activating group) is 1. The minimum atomic E-state index is 0.138. The Hall–Kier alpha value is -0.610. The third kappa shape index (κ3) is 2.97. The monoisotopic (exact) mass is 186 g/mol. The van der Waals surface area contributed by atoms with Crippen LogP contribution in [0.4, 0.5) is 0 Å². The van der Waals surface area contributed by atoms with Crippen LogP contribution in [0, 0.1) is 5.92 Å². The van der Waals surface area contributed by atoms with E-state index >= 15 is 0 Å². The number of nitrogens with zero attached hydrogens (tertiary/aromatic N) is 2. The van der Waals surface area contributed by atoms with Crippen molar-refractivity contribution in [1.82, 2.24) is 9.80 Å². The van der Waals surface area contributed by atoms with Crippen LogP contribution in [0.25, 0.3) is 0 Å². The molecule has 1 amide bonds. The fraction of sp³-hybridized carbons (Fsp3) is 0.889. The Kier molecular flexibility index (Phi) is 3.69. The Labute approximate surface area is 79.1 Å². The fourth-order valence-corrected chi connectivity index (χ4v) is 1.54. The molecule has 0 bridgehead atoms. The molecule has 0 aliphatic carbocycles. The van der Waals surface area contributed by atoms with Gasteiger partial charge in [-0.1, -0.05) is 0 Å². The number of amides is 1. The van der Waals surface area contributed by atoms with Crippen molar-refractivity contribution in [3.05, 3.63) is 0 Å².